The van der Waals surface area contributed by atoms with Gasteiger partial charge in [0, 0.05) is 18.6 Å². The van der Waals surface area contributed by atoms with Gasteiger partial charge in [0.25, 0.3) is 5.91 Å². The van der Waals surface area contributed by atoms with Crippen LogP contribution in [0.4, 0.5) is 19.1 Å². The zero-order valence-electron chi connectivity index (χ0n) is 17.7. The second kappa shape index (κ2) is 11.8. The van der Waals surface area contributed by atoms with Crippen LogP contribution < -0.4 is 16.3 Å². The van der Waals surface area contributed by atoms with Gasteiger partial charge in [-0.05, 0) is 18.6 Å². The van der Waals surface area contributed by atoms with Crippen LogP contribution in [0, 0.1) is 5.92 Å². The minimum absolute atomic E-state index is 0.143. The van der Waals surface area contributed by atoms with Crippen LogP contribution in [-0.2, 0) is 15.8 Å². The second-order valence-corrected chi connectivity index (χ2v) is 7.02. The van der Waals surface area contributed by atoms with E-state index in [0.717, 1.165) is 17.5 Å². The number of anilines is 1. The van der Waals surface area contributed by atoms with Crippen LogP contribution in [0.1, 0.15) is 48.7 Å². The van der Waals surface area contributed by atoms with Crippen molar-refractivity contribution < 1.29 is 32.8 Å². The summed E-state index contributed by atoms with van der Waals surface area (Å²) in [6, 6.07) is 3.13. The van der Waals surface area contributed by atoms with Gasteiger partial charge >= 0.3 is 6.18 Å². The first-order chi connectivity index (χ1) is 15.7. The zero-order chi connectivity index (χ0) is 24.4. The molecular formula is C19H24F3N7O4. The number of amides is 3. The molecule has 0 unspecified atom stereocenters. The zero-order valence-corrected chi connectivity index (χ0v) is 17.7. The summed E-state index contributed by atoms with van der Waals surface area (Å²) in [7, 11) is 0. The summed E-state index contributed by atoms with van der Waals surface area (Å²) in [4.78, 5) is 42.3. The van der Waals surface area contributed by atoms with Gasteiger partial charge in [0.15, 0.2) is 5.69 Å². The predicted molar refractivity (Wildman–Crippen MR) is 109 cm³/mol. The summed E-state index contributed by atoms with van der Waals surface area (Å²) in [6.07, 6.45) is 1.36. The van der Waals surface area contributed by atoms with Crippen LogP contribution in [0.15, 0.2) is 30.7 Å². The molecule has 3 amide bonds. The molecule has 4 N–H and O–H groups in total. The highest BCUT2D eigenvalue weighted by Gasteiger charge is 2.38. The fourth-order valence-electron chi connectivity index (χ4n) is 2.85. The molecule has 2 aromatic heterocycles. The molecule has 0 aromatic carbocycles. The molecule has 33 heavy (non-hydrogen) atoms. The van der Waals surface area contributed by atoms with E-state index in [2.05, 4.69) is 26.2 Å². The van der Waals surface area contributed by atoms with Gasteiger partial charge in [-0.1, -0.05) is 26.2 Å². The number of aromatic nitrogens is 3. The monoisotopic (exact) mass is 471 g/mol. The number of carbonyl (C=O) groups excluding carboxylic acids is 3. The fraction of sp³-hybridized carbons (Fsp3) is 0.421. The highest BCUT2D eigenvalue weighted by Crippen LogP contribution is 2.30. The lowest BCUT2D eigenvalue weighted by Crippen LogP contribution is -2.40. The Morgan fingerprint density at radius 2 is 1.97 bits per heavy atom. The van der Waals surface area contributed by atoms with Crippen molar-refractivity contribution in [1.82, 2.24) is 25.1 Å². The van der Waals surface area contributed by atoms with Gasteiger partial charge in [0.05, 0.1) is 18.0 Å². The predicted octanol–water partition coefficient (Wildman–Crippen LogP) is 2.17. The Morgan fingerprint density at radius 3 is 2.58 bits per heavy atom. The van der Waals surface area contributed by atoms with E-state index in [1.807, 2.05) is 6.92 Å². The van der Waals surface area contributed by atoms with Gasteiger partial charge in [-0.2, -0.15) is 13.2 Å². The summed E-state index contributed by atoms with van der Waals surface area (Å²) in [5.41, 5.74) is 4.29. The summed E-state index contributed by atoms with van der Waals surface area (Å²) in [5, 5.41) is 9.71. The molecule has 0 aliphatic carbocycles. The molecule has 1 atom stereocenters. The van der Waals surface area contributed by atoms with Gasteiger partial charge in [-0.25, -0.2) is 15.0 Å². The maximum absolute atomic E-state index is 13.5. The lowest BCUT2D eigenvalue weighted by molar-refractivity contribution is -0.154. The number of hydrogen-bond donors (Lipinski definition) is 4. The SMILES string of the molecule is CCCCC[C@H](CN(O)C=O)C(=O)NNc1ncc(C(=O)Nn2cccc2)c(C(F)(F)F)n1. The summed E-state index contributed by atoms with van der Waals surface area (Å²) >= 11 is 0. The first-order valence-corrected chi connectivity index (χ1v) is 10.0. The van der Waals surface area contributed by atoms with Crippen molar-refractivity contribution in [3.63, 3.8) is 0 Å². The van der Waals surface area contributed by atoms with E-state index in [0.29, 0.717) is 24.1 Å². The van der Waals surface area contributed by atoms with Crippen molar-refractivity contribution in [3.8, 4) is 0 Å². The third-order valence-electron chi connectivity index (χ3n) is 4.49. The molecule has 0 radical (unpaired) electrons. The number of unbranched alkanes of at least 4 members (excludes halogenated alkanes) is 2. The summed E-state index contributed by atoms with van der Waals surface area (Å²) in [5.74, 6) is -3.19. The third-order valence-corrected chi connectivity index (χ3v) is 4.49. The standard InChI is InChI=1S/C19H24F3N7O4/c1-2-3-4-7-13(11-29(33)12-30)16(31)25-26-18-23-10-14(15(24-18)19(20,21)22)17(32)27-28-8-5-6-9-28/h5-6,8-10,12-13,33H,2-4,7,11H2,1H3,(H,25,31)(H,27,32)(H,23,24,26)/t13-/m1/s1. The molecule has 0 aliphatic rings. The number of rotatable bonds is 12. The largest absolute Gasteiger partial charge is 0.434 e. The van der Waals surface area contributed by atoms with Gasteiger partial charge < -0.3 is 0 Å². The van der Waals surface area contributed by atoms with E-state index in [1.54, 1.807) is 12.1 Å². The van der Waals surface area contributed by atoms with E-state index in [4.69, 9.17) is 0 Å². The number of halogens is 3. The normalized spacial score (nSPS) is 12.0. The molecule has 0 saturated heterocycles. The number of hydroxylamine groups is 2. The molecule has 0 fully saturated rings. The molecule has 0 aliphatic heterocycles. The molecule has 0 spiro atoms. The molecule has 180 valence electrons. The molecule has 0 saturated carbocycles. The Kier molecular flexibility index (Phi) is 9.15. The van der Waals surface area contributed by atoms with Crippen LogP contribution in [0.5, 0.6) is 0 Å². The lowest BCUT2D eigenvalue weighted by atomic mass is 10.0. The summed E-state index contributed by atoms with van der Waals surface area (Å²) in [6.45, 7) is 1.66. The first-order valence-electron chi connectivity index (χ1n) is 10.0. The van der Waals surface area contributed by atoms with E-state index in [9.17, 15) is 32.8 Å². The number of alkyl halides is 3. The Morgan fingerprint density at radius 1 is 1.27 bits per heavy atom. The van der Waals surface area contributed by atoms with Gasteiger partial charge in [0.2, 0.25) is 18.3 Å². The minimum atomic E-state index is -4.98. The first kappa shape index (κ1) is 25.6. The number of hydrazine groups is 1. The number of hydrogen-bond acceptors (Lipinski definition) is 7. The van der Waals surface area contributed by atoms with Crippen molar-refractivity contribution in [1.29, 1.82) is 0 Å². The average Bonchev–Trinajstić information content (AvgIpc) is 3.28. The van der Waals surface area contributed by atoms with Crippen molar-refractivity contribution in [3.05, 3.63) is 42.0 Å². The highest BCUT2D eigenvalue weighted by molar-refractivity contribution is 6.00. The van der Waals surface area contributed by atoms with E-state index in [-0.39, 0.29) is 13.0 Å². The minimum Gasteiger partial charge on any atom is -0.286 e. The van der Waals surface area contributed by atoms with Crippen LogP contribution in [0.3, 0.4) is 0 Å². The molecule has 14 heteroatoms. The van der Waals surface area contributed by atoms with Crippen LogP contribution in [0.2, 0.25) is 0 Å². The number of nitrogens with zero attached hydrogens (tertiary/aromatic N) is 4. The molecule has 2 rings (SSSR count). The van der Waals surface area contributed by atoms with Crippen LogP contribution in [-0.4, -0.2) is 49.7 Å². The van der Waals surface area contributed by atoms with Crippen LogP contribution in [0.25, 0.3) is 0 Å². The molecule has 0 bridgehead atoms. The average molecular weight is 471 g/mol. The van der Waals surface area contributed by atoms with Crippen molar-refractivity contribution in [2.45, 2.75) is 38.8 Å². The Balaban J connectivity index is 2.13. The topological polar surface area (TPSA) is 141 Å². The Hall–Kier alpha value is -3.68. The maximum Gasteiger partial charge on any atom is 0.434 e. The van der Waals surface area contributed by atoms with Gasteiger partial charge in [0.1, 0.15) is 0 Å². The van der Waals surface area contributed by atoms with Gasteiger partial charge in [-0.3, -0.25) is 40.5 Å². The Bertz CT molecular complexity index is 938. The second-order valence-electron chi connectivity index (χ2n) is 7.02. The highest BCUT2D eigenvalue weighted by atomic mass is 19.4. The van der Waals surface area contributed by atoms with E-state index < -0.39 is 41.1 Å². The van der Waals surface area contributed by atoms with E-state index >= 15 is 0 Å². The summed E-state index contributed by atoms with van der Waals surface area (Å²) < 4.78 is 41.6. The van der Waals surface area contributed by atoms with Gasteiger partial charge in [-0.15, -0.1) is 0 Å². The fourth-order valence-corrected chi connectivity index (χ4v) is 2.85. The number of nitrogens with one attached hydrogen (secondary N) is 3. The molecule has 11 nitrogen and oxygen atoms in total. The smallest absolute Gasteiger partial charge is 0.286 e. The van der Waals surface area contributed by atoms with Crippen molar-refractivity contribution >= 4 is 24.2 Å². The molecular weight excluding hydrogens is 447 g/mol. The number of carbonyl (C=O) groups is 3. The molecule has 2 aromatic rings. The quantitative estimate of drug-likeness (QED) is 0.161. The van der Waals surface area contributed by atoms with Crippen molar-refractivity contribution in [2.24, 2.45) is 5.92 Å². The van der Waals surface area contributed by atoms with Crippen LogP contribution >= 0.6 is 0 Å². The molecule has 2 heterocycles. The maximum atomic E-state index is 13.5. The van der Waals surface area contributed by atoms with Crippen molar-refractivity contribution in [2.75, 3.05) is 17.4 Å². The lowest BCUT2D eigenvalue weighted by Gasteiger charge is -2.20. The third kappa shape index (κ3) is 7.75. The van der Waals surface area contributed by atoms with E-state index in [1.165, 1.54) is 12.4 Å². The Labute approximate surface area is 186 Å².